The number of aliphatic hydroxyl groups excluding tert-OH is 1. The van der Waals surface area contributed by atoms with Crippen molar-refractivity contribution in [1.82, 2.24) is 0 Å². The Morgan fingerprint density at radius 1 is 1.56 bits per heavy atom. The summed E-state index contributed by atoms with van der Waals surface area (Å²) in [5, 5.41) is 9.25. The van der Waals surface area contributed by atoms with Crippen LogP contribution in [0.5, 0.6) is 0 Å². The Labute approximate surface area is 57.1 Å². The van der Waals surface area contributed by atoms with E-state index in [1.807, 2.05) is 6.92 Å². The molecule has 1 saturated carbocycles. The number of aliphatic hydroxyl groups is 1. The molecule has 1 N–H and O–H groups in total. The van der Waals surface area contributed by atoms with Crippen LogP contribution in [0.25, 0.3) is 0 Å². The second-order valence-corrected chi connectivity index (χ2v) is 3.84. The third kappa shape index (κ3) is 1.11. The van der Waals surface area contributed by atoms with Crippen molar-refractivity contribution in [3.8, 4) is 0 Å². The Balaban J connectivity index is 2.40. The number of rotatable bonds is 1. The maximum atomic E-state index is 9.25. The summed E-state index contributed by atoms with van der Waals surface area (Å²) in [7, 11) is 0. The van der Waals surface area contributed by atoms with Gasteiger partial charge in [0.15, 0.2) is 0 Å². The van der Waals surface area contributed by atoms with Crippen LogP contribution in [0.1, 0.15) is 33.6 Å². The minimum Gasteiger partial charge on any atom is -0.393 e. The van der Waals surface area contributed by atoms with Crippen LogP contribution < -0.4 is 0 Å². The van der Waals surface area contributed by atoms with Gasteiger partial charge < -0.3 is 5.11 Å². The summed E-state index contributed by atoms with van der Waals surface area (Å²) in [6.45, 7) is 6.30. The normalized spacial score (nSPS) is 46.0. The van der Waals surface area contributed by atoms with Crippen molar-refractivity contribution in [2.45, 2.75) is 39.7 Å². The van der Waals surface area contributed by atoms with Crippen molar-refractivity contribution in [3.05, 3.63) is 0 Å². The van der Waals surface area contributed by atoms with Gasteiger partial charge in [0.2, 0.25) is 0 Å². The van der Waals surface area contributed by atoms with Crippen molar-refractivity contribution >= 4 is 0 Å². The van der Waals surface area contributed by atoms with Crippen LogP contribution in [0.2, 0.25) is 0 Å². The molecule has 0 aromatic heterocycles. The van der Waals surface area contributed by atoms with Gasteiger partial charge in [0.25, 0.3) is 0 Å². The molecule has 1 fully saturated rings. The van der Waals surface area contributed by atoms with Crippen molar-refractivity contribution in [2.24, 2.45) is 11.3 Å². The molecule has 1 aliphatic carbocycles. The van der Waals surface area contributed by atoms with E-state index in [1.54, 1.807) is 0 Å². The van der Waals surface area contributed by atoms with Crippen LogP contribution in [-0.4, -0.2) is 11.2 Å². The van der Waals surface area contributed by atoms with Gasteiger partial charge in [0.1, 0.15) is 0 Å². The molecule has 1 unspecified atom stereocenters. The molecular formula is C8H16O. The molecule has 1 rings (SSSR count). The SMILES string of the molecule is CC1CC(C)(C(C)O)C1. The van der Waals surface area contributed by atoms with Gasteiger partial charge in [-0.25, -0.2) is 0 Å². The Kier molecular flexibility index (Phi) is 1.55. The Hall–Kier alpha value is -0.0400. The zero-order valence-electron chi connectivity index (χ0n) is 6.52. The predicted octanol–water partition coefficient (Wildman–Crippen LogP) is 1.80. The van der Waals surface area contributed by atoms with Gasteiger partial charge in [-0.1, -0.05) is 13.8 Å². The van der Waals surface area contributed by atoms with Gasteiger partial charge in [0, 0.05) is 0 Å². The molecule has 0 aromatic carbocycles. The van der Waals surface area contributed by atoms with E-state index in [2.05, 4.69) is 13.8 Å². The summed E-state index contributed by atoms with van der Waals surface area (Å²) in [6.07, 6.45) is 2.28. The molecule has 0 bridgehead atoms. The lowest BCUT2D eigenvalue weighted by atomic mass is 9.61. The molecule has 0 heterocycles. The molecule has 0 amide bonds. The smallest absolute Gasteiger partial charge is 0.0565 e. The zero-order valence-corrected chi connectivity index (χ0v) is 6.52. The molecule has 1 nitrogen and oxygen atoms in total. The topological polar surface area (TPSA) is 20.2 Å². The average Bonchev–Trinajstić information content (AvgIpc) is 1.62. The Morgan fingerprint density at radius 2 is 2.00 bits per heavy atom. The van der Waals surface area contributed by atoms with Crippen molar-refractivity contribution in [3.63, 3.8) is 0 Å². The first kappa shape index (κ1) is 7.07. The summed E-state index contributed by atoms with van der Waals surface area (Å²) < 4.78 is 0. The van der Waals surface area contributed by atoms with Crippen molar-refractivity contribution < 1.29 is 5.11 Å². The lowest BCUT2D eigenvalue weighted by molar-refractivity contribution is -0.0399. The summed E-state index contributed by atoms with van der Waals surface area (Å²) in [5.74, 6) is 0.838. The van der Waals surface area contributed by atoms with Crippen LogP contribution in [0.3, 0.4) is 0 Å². The fourth-order valence-corrected chi connectivity index (χ4v) is 1.87. The van der Waals surface area contributed by atoms with Crippen LogP contribution >= 0.6 is 0 Å². The predicted molar refractivity (Wildman–Crippen MR) is 38.2 cm³/mol. The quantitative estimate of drug-likeness (QED) is 0.571. The third-order valence-electron chi connectivity index (χ3n) is 2.64. The molecule has 54 valence electrons. The lowest BCUT2D eigenvalue weighted by Gasteiger charge is -2.46. The molecule has 0 spiro atoms. The minimum atomic E-state index is -0.117. The minimum absolute atomic E-state index is 0.117. The molecule has 1 aliphatic rings. The monoisotopic (exact) mass is 128 g/mol. The third-order valence-corrected chi connectivity index (χ3v) is 2.64. The maximum Gasteiger partial charge on any atom is 0.0565 e. The number of hydrogen-bond donors (Lipinski definition) is 1. The van der Waals surface area contributed by atoms with E-state index >= 15 is 0 Å². The van der Waals surface area contributed by atoms with E-state index in [1.165, 1.54) is 12.8 Å². The summed E-state index contributed by atoms with van der Waals surface area (Å²) in [5.41, 5.74) is 0.249. The highest BCUT2D eigenvalue weighted by molar-refractivity contribution is 4.91. The molecule has 0 radical (unpaired) electrons. The molecular weight excluding hydrogens is 112 g/mol. The van der Waals surface area contributed by atoms with Gasteiger partial charge in [-0.3, -0.25) is 0 Å². The Morgan fingerprint density at radius 3 is 2.11 bits per heavy atom. The fourth-order valence-electron chi connectivity index (χ4n) is 1.87. The van der Waals surface area contributed by atoms with Gasteiger partial charge in [-0.05, 0) is 31.1 Å². The van der Waals surface area contributed by atoms with E-state index in [0.29, 0.717) is 0 Å². The lowest BCUT2D eigenvalue weighted by Crippen LogP contribution is -2.41. The van der Waals surface area contributed by atoms with Crippen LogP contribution in [0, 0.1) is 11.3 Å². The summed E-state index contributed by atoms with van der Waals surface area (Å²) >= 11 is 0. The van der Waals surface area contributed by atoms with Crippen molar-refractivity contribution in [2.75, 3.05) is 0 Å². The fraction of sp³-hybridized carbons (Fsp3) is 1.00. The standard InChI is InChI=1S/C8H16O/c1-6-4-8(3,5-6)7(2)9/h6-7,9H,4-5H2,1-3H3. The number of hydrogen-bond acceptors (Lipinski definition) is 1. The van der Waals surface area contributed by atoms with Crippen LogP contribution in [-0.2, 0) is 0 Å². The van der Waals surface area contributed by atoms with E-state index in [0.717, 1.165) is 5.92 Å². The van der Waals surface area contributed by atoms with Gasteiger partial charge in [-0.2, -0.15) is 0 Å². The van der Waals surface area contributed by atoms with E-state index in [4.69, 9.17) is 0 Å². The van der Waals surface area contributed by atoms with Crippen LogP contribution in [0.4, 0.5) is 0 Å². The largest absolute Gasteiger partial charge is 0.393 e. The van der Waals surface area contributed by atoms with Gasteiger partial charge >= 0.3 is 0 Å². The van der Waals surface area contributed by atoms with Crippen molar-refractivity contribution in [1.29, 1.82) is 0 Å². The van der Waals surface area contributed by atoms with Crippen LogP contribution in [0.15, 0.2) is 0 Å². The highest BCUT2D eigenvalue weighted by Gasteiger charge is 2.41. The first-order chi connectivity index (χ1) is 4.04. The summed E-state index contributed by atoms with van der Waals surface area (Å²) in [4.78, 5) is 0. The zero-order chi connectivity index (χ0) is 7.07. The average molecular weight is 128 g/mol. The molecule has 0 aliphatic heterocycles. The van der Waals surface area contributed by atoms with E-state index < -0.39 is 0 Å². The molecule has 0 aromatic rings. The Bertz CT molecular complexity index is 101. The highest BCUT2D eigenvalue weighted by Crippen LogP contribution is 2.47. The summed E-state index contributed by atoms with van der Waals surface area (Å²) in [6, 6.07) is 0. The van der Waals surface area contributed by atoms with E-state index in [-0.39, 0.29) is 11.5 Å². The maximum absolute atomic E-state index is 9.25. The second-order valence-electron chi connectivity index (χ2n) is 3.84. The molecule has 9 heavy (non-hydrogen) atoms. The molecule has 0 saturated heterocycles. The van der Waals surface area contributed by atoms with E-state index in [9.17, 15) is 5.11 Å². The molecule has 1 heteroatoms. The first-order valence-electron chi connectivity index (χ1n) is 3.73. The highest BCUT2D eigenvalue weighted by atomic mass is 16.3. The van der Waals surface area contributed by atoms with Gasteiger partial charge in [-0.15, -0.1) is 0 Å². The molecule has 1 atom stereocenters. The van der Waals surface area contributed by atoms with Gasteiger partial charge in [0.05, 0.1) is 6.10 Å². The first-order valence-corrected chi connectivity index (χ1v) is 3.73. The second kappa shape index (κ2) is 1.98.